The van der Waals surface area contributed by atoms with Gasteiger partial charge in [0.2, 0.25) is 0 Å². The summed E-state index contributed by atoms with van der Waals surface area (Å²) >= 11 is 0. The molecule has 0 aromatic rings. The van der Waals surface area contributed by atoms with Gasteiger partial charge in [-0.2, -0.15) is 0 Å². The molecule has 2 heteroatoms. The molecule has 0 bridgehead atoms. The lowest BCUT2D eigenvalue weighted by molar-refractivity contribution is -0.0704. The van der Waals surface area contributed by atoms with E-state index in [1.165, 1.54) is 32.1 Å². The number of ether oxygens (including phenoxy) is 1. The first kappa shape index (κ1) is 14.0. The highest BCUT2D eigenvalue weighted by molar-refractivity contribution is 4.77. The van der Waals surface area contributed by atoms with Crippen molar-refractivity contribution in [3.05, 3.63) is 0 Å². The van der Waals surface area contributed by atoms with E-state index in [-0.39, 0.29) is 11.7 Å². The predicted octanol–water partition coefficient (Wildman–Crippen LogP) is 3.38. The fourth-order valence-corrected chi connectivity index (χ4v) is 2.45. The van der Waals surface area contributed by atoms with Crippen LogP contribution in [0.2, 0.25) is 0 Å². The zero-order chi connectivity index (χ0) is 12.2. The summed E-state index contributed by atoms with van der Waals surface area (Å²) in [6, 6.07) is 0. The molecule has 1 unspecified atom stereocenters. The molecule has 96 valence electrons. The van der Waals surface area contributed by atoms with Crippen molar-refractivity contribution in [1.82, 2.24) is 0 Å². The maximum atomic E-state index is 10.1. The molecule has 1 aliphatic carbocycles. The molecule has 1 saturated carbocycles. The molecule has 0 heterocycles. The second-order valence-corrected chi connectivity index (χ2v) is 6.18. The highest BCUT2D eigenvalue weighted by Crippen LogP contribution is 2.32. The highest BCUT2D eigenvalue weighted by atomic mass is 16.5. The third kappa shape index (κ3) is 4.84. The second-order valence-electron chi connectivity index (χ2n) is 6.18. The van der Waals surface area contributed by atoms with Crippen molar-refractivity contribution < 1.29 is 9.84 Å². The van der Waals surface area contributed by atoms with Crippen molar-refractivity contribution in [3.8, 4) is 0 Å². The molecule has 0 spiro atoms. The van der Waals surface area contributed by atoms with Gasteiger partial charge in [-0.1, -0.05) is 26.2 Å². The molecule has 0 radical (unpaired) electrons. The third-order valence-electron chi connectivity index (χ3n) is 3.70. The SMILES string of the molecule is CCC1CCC(C(O)COC(C)(C)C)CC1. The number of aliphatic hydroxyl groups is 1. The lowest BCUT2D eigenvalue weighted by Crippen LogP contribution is -2.33. The largest absolute Gasteiger partial charge is 0.390 e. The Kier molecular flexibility index (Phi) is 5.26. The Morgan fingerprint density at radius 2 is 1.75 bits per heavy atom. The molecule has 0 aromatic heterocycles. The molecule has 0 amide bonds. The normalized spacial score (nSPS) is 29.1. The van der Waals surface area contributed by atoms with Gasteiger partial charge >= 0.3 is 0 Å². The summed E-state index contributed by atoms with van der Waals surface area (Å²) in [5.74, 6) is 1.36. The fourth-order valence-electron chi connectivity index (χ4n) is 2.45. The van der Waals surface area contributed by atoms with Gasteiger partial charge in [-0.05, 0) is 45.4 Å². The van der Waals surface area contributed by atoms with Crippen LogP contribution in [0.4, 0.5) is 0 Å². The summed E-state index contributed by atoms with van der Waals surface area (Å²) in [6.07, 6.45) is 5.94. The van der Waals surface area contributed by atoms with Crippen LogP contribution in [0, 0.1) is 11.8 Å². The van der Waals surface area contributed by atoms with E-state index in [9.17, 15) is 5.11 Å². The van der Waals surface area contributed by atoms with Crippen LogP contribution >= 0.6 is 0 Å². The maximum absolute atomic E-state index is 10.1. The molecule has 1 rings (SSSR count). The van der Waals surface area contributed by atoms with E-state index in [4.69, 9.17) is 4.74 Å². The van der Waals surface area contributed by atoms with E-state index in [1.807, 2.05) is 20.8 Å². The Hall–Kier alpha value is -0.0800. The van der Waals surface area contributed by atoms with Crippen LogP contribution in [0.25, 0.3) is 0 Å². The minimum atomic E-state index is -0.267. The fraction of sp³-hybridized carbons (Fsp3) is 1.00. The average molecular weight is 228 g/mol. The molecule has 1 N–H and O–H groups in total. The minimum absolute atomic E-state index is 0.137. The van der Waals surface area contributed by atoms with Gasteiger partial charge in [0, 0.05) is 0 Å². The minimum Gasteiger partial charge on any atom is -0.390 e. The number of rotatable bonds is 4. The van der Waals surface area contributed by atoms with Crippen LogP contribution in [-0.2, 0) is 4.74 Å². The Morgan fingerprint density at radius 3 is 2.19 bits per heavy atom. The third-order valence-corrected chi connectivity index (χ3v) is 3.70. The highest BCUT2D eigenvalue weighted by Gasteiger charge is 2.26. The summed E-state index contributed by atoms with van der Waals surface area (Å²) in [5.41, 5.74) is -0.137. The number of hydrogen-bond donors (Lipinski definition) is 1. The van der Waals surface area contributed by atoms with Crippen LogP contribution in [0.3, 0.4) is 0 Å². The second kappa shape index (κ2) is 6.02. The van der Waals surface area contributed by atoms with Gasteiger partial charge in [0.25, 0.3) is 0 Å². The molecule has 0 aromatic carbocycles. The van der Waals surface area contributed by atoms with Crippen LogP contribution in [0.1, 0.15) is 59.8 Å². The van der Waals surface area contributed by atoms with Crippen LogP contribution in [-0.4, -0.2) is 23.4 Å². The number of hydrogen-bond acceptors (Lipinski definition) is 2. The Labute approximate surface area is 100 Å². The van der Waals surface area contributed by atoms with E-state index in [1.54, 1.807) is 0 Å². The standard InChI is InChI=1S/C14H28O2/c1-5-11-6-8-12(9-7-11)13(15)10-16-14(2,3)4/h11-13,15H,5-10H2,1-4H3. The zero-order valence-corrected chi connectivity index (χ0v) is 11.3. The molecular formula is C14H28O2. The van der Waals surface area contributed by atoms with Gasteiger partial charge in [0.1, 0.15) is 0 Å². The van der Waals surface area contributed by atoms with Crippen LogP contribution < -0.4 is 0 Å². The summed E-state index contributed by atoms with van der Waals surface area (Å²) < 4.78 is 5.65. The van der Waals surface area contributed by atoms with Gasteiger partial charge in [0.05, 0.1) is 18.3 Å². The van der Waals surface area contributed by atoms with Crippen molar-refractivity contribution in [2.45, 2.75) is 71.5 Å². The molecule has 1 fully saturated rings. The van der Waals surface area contributed by atoms with Crippen molar-refractivity contribution in [2.75, 3.05) is 6.61 Å². The Bertz CT molecular complexity index is 187. The van der Waals surface area contributed by atoms with Crippen molar-refractivity contribution in [2.24, 2.45) is 11.8 Å². The first-order chi connectivity index (χ1) is 7.42. The topological polar surface area (TPSA) is 29.5 Å². The Balaban J connectivity index is 2.25. The van der Waals surface area contributed by atoms with E-state index in [0.717, 1.165) is 5.92 Å². The summed E-state index contributed by atoms with van der Waals surface area (Å²) in [6.45, 7) is 8.87. The zero-order valence-electron chi connectivity index (χ0n) is 11.3. The van der Waals surface area contributed by atoms with Gasteiger partial charge in [-0.15, -0.1) is 0 Å². The molecule has 2 nitrogen and oxygen atoms in total. The number of aliphatic hydroxyl groups excluding tert-OH is 1. The monoisotopic (exact) mass is 228 g/mol. The molecule has 0 saturated heterocycles. The van der Waals surface area contributed by atoms with Crippen molar-refractivity contribution in [1.29, 1.82) is 0 Å². The van der Waals surface area contributed by atoms with E-state index in [2.05, 4.69) is 6.92 Å². The molecule has 1 atom stereocenters. The smallest absolute Gasteiger partial charge is 0.0802 e. The van der Waals surface area contributed by atoms with Gasteiger partial charge in [-0.25, -0.2) is 0 Å². The average Bonchev–Trinajstić information content (AvgIpc) is 2.25. The summed E-state index contributed by atoms with van der Waals surface area (Å²) in [5, 5.41) is 10.1. The lowest BCUT2D eigenvalue weighted by atomic mass is 9.78. The Morgan fingerprint density at radius 1 is 1.19 bits per heavy atom. The predicted molar refractivity (Wildman–Crippen MR) is 67.5 cm³/mol. The molecule has 16 heavy (non-hydrogen) atoms. The summed E-state index contributed by atoms with van der Waals surface area (Å²) in [4.78, 5) is 0. The first-order valence-corrected chi connectivity index (χ1v) is 6.74. The maximum Gasteiger partial charge on any atom is 0.0802 e. The van der Waals surface area contributed by atoms with Crippen molar-refractivity contribution in [3.63, 3.8) is 0 Å². The quantitative estimate of drug-likeness (QED) is 0.799. The van der Waals surface area contributed by atoms with Gasteiger partial charge in [0.15, 0.2) is 0 Å². The van der Waals surface area contributed by atoms with E-state index in [0.29, 0.717) is 12.5 Å². The molecular weight excluding hydrogens is 200 g/mol. The van der Waals surface area contributed by atoms with Crippen LogP contribution in [0.5, 0.6) is 0 Å². The molecule has 1 aliphatic rings. The van der Waals surface area contributed by atoms with E-state index >= 15 is 0 Å². The van der Waals surface area contributed by atoms with Gasteiger partial charge < -0.3 is 9.84 Å². The van der Waals surface area contributed by atoms with Gasteiger partial charge in [-0.3, -0.25) is 0 Å². The van der Waals surface area contributed by atoms with Crippen molar-refractivity contribution >= 4 is 0 Å². The lowest BCUT2D eigenvalue weighted by Gasteiger charge is -2.32. The van der Waals surface area contributed by atoms with Crippen LogP contribution in [0.15, 0.2) is 0 Å². The van der Waals surface area contributed by atoms with E-state index < -0.39 is 0 Å². The summed E-state index contributed by atoms with van der Waals surface area (Å²) in [7, 11) is 0. The molecule has 0 aliphatic heterocycles. The first-order valence-electron chi connectivity index (χ1n) is 6.74.